The molecule has 2 N–H and O–H groups in total. The van der Waals surface area contributed by atoms with Crippen LogP contribution in [0.15, 0.2) is 47.6 Å². The van der Waals surface area contributed by atoms with Crippen LogP contribution in [0.2, 0.25) is 0 Å². The monoisotopic (exact) mass is 994 g/mol. The van der Waals surface area contributed by atoms with Gasteiger partial charge in [-0.15, -0.1) is 12.3 Å². The van der Waals surface area contributed by atoms with E-state index in [-0.39, 0.29) is 60.9 Å². The van der Waals surface area contributed by atoms with Crippen LogP contribution < -0.4 is 0 Å². The molecule has 14 heteroatoms. The molecule has 1 saturated carbocycles. The van der Waals surface area contributed by atoms with Crippen molar-refractivity contribution in [2.75, 3.05) is 34.5 Å². The van der Waals surface area contributed by atoms with Crippen LogP contribution in [0, 0.1) is 47.9 Å². The molecule has 1 amide bonds. The minimum absolute atomic E-state index is 0.0185. The van der Waals surface area contributed by atoms with E-state index in [1.54, 1.807) is 41.1 Å². The highest BCUT2D eigenvalue weighted by molar-refractivity contribution is 6.39. The van der Waals surface area contributed by atoms with Gasteiger partial charge < -0.3 is 43.5 Å². The maximum atomic E-state index is 14.5. The third-order valence-electron chi connectivity index (χ3n) is 15.5. The van der Waals surface area contributed by atoms with Crippen LogP contribution in [-0.4, -0.2) is 133 Å². The Bertz CT molecular complexity index is 1930. The number of rotatable bonds is 11. The molecular weight excluding hydrogens is 907 g/mol. The third-order valence-corrected chi connectivity index (χ3v) is 15.5. The molecule has 0 radical (unpaired) electrons. The van der Waals surface area contributed by atoms with Crippen LogP contribution in [0.4, 0.5) is 0 Å². The number of hydrogen-bond acceptors (Lipinski definition) is 13. The van der Waals surface area contributed by atoms with E-state index >= 15 is 0 Å². The van der Waals surface area contributed by atoms with Crippen molar-refractivity contribution in [1.29, 1.82) is 0 Å². The second-order valence-electron chi connectivity index (χ2n) is 21.1. The number of hydrogen-bond donors (Lipinski definition) is 2. The van der Waals surface area contributed by atoms with Crippen LogP contribution in [0.5, 0.6) is 0 Å². The summed E-state index contributed by atoms with van der Waals surface area (Å²) in [6.45, 7) is 13.4. The summed E-state index contributed by atoms with van der Waals surface area (Å²) in [5, 5.41) is 23.5. The van der Waals surface area contributed by atoms with Gasteiger partial charge in [-0.1, -0.05) is 71.1 Å². The molecule has 4 aliphatic rings. The van der Waals surface area contributed by atoms with Crippen LogP contribution in [0.3, 0.4) is 0 Å². The lowest BCUT2D eigenvalue weighted by molar-refractivity contribution is -0.265. The maximum Gasteiger partial charge on any atom is 0.329 e. The molecule has 0 aromatic carbocycles. The highest BCUT2D eigenvalue weighted by Crippen LogP contribution is 2.38. The number of nitrogens with zero attached hydrogens (tertiary/aromatic N) is 1. The van der Waals surface area contributed by atoms with Crippen molar-refractivity contribution in [1.82, 2.24) is 4.90 Å². The number of unbranched alkanes of at least 4 members (excludes halogenated alkanes) is 2. The summed E-state index contributed by atoms with van der Waals surface area (Å²) in [4.78, 5) is 72.4. The summed E-state index contributed by atoms with van der Waals surface area (Å²) in [7, 11) is 4.65. The van der Waals surface area contributed by atoms with Gasteiger partial charge in [0.1, 0.15) is 30.1 Å². The Labute approximate surface area is 424 Å². The molecule has 3 heterocycles. The van der Waals surface area contributed by atoms with E-state index in [0.717, 1.165) is 31.3 Å². The average Bonchev–Trinajstić information content (AvgIpc) is 3.35. The number of piperidine rings is 1. The molecule has 14 nitrogen and oxygen atoms in total. The van der Waals surface area contributed by atoms with Gasteiger partial charge in [-0.3, -0.25) is 19.2 Å². The number of Topliss-reactive ketones (excluding diaryl/α,β-unsaturated/α-hetero) is 3. The van der Waals surface area contributed by atoms with Crippen LogP contribution >= 0.6 is 0 Å². The van der Waals surface area contributed by atoms with Crippen molar-refractivity contribution in [3.8, 4) is 12.3 Å². The van der Waals surface area contributed by atoms with Gasteiger partial charge in [0.15, 0.2) is 5.78 Å². The lowest BCUT2D eigenvalue weighted by Gasteiger charge is -2.42. The number of cyclic esters (lactones) is 1. The van der Waals surface area contributed by atoms with Crippen molar-refractivity contribution in [3.63, 3.8) is 0 Å². The fourth-order valence-corrected chi connectivity index (χ4v) is 10.9. The average molecular weight is 994 g/mol. The van der Waals surface area contributed by atoms with Crippen molar-refractivity contribution in [2.45, 2.75) is 199 Å². The topological polar surface area (TPSA) is 184 Å². The highest BCUT2D eigenvalue weighted by atomic mass is 16.6. The number of allylic oxidation sites excluding steroid dienone is 6. The van der Waals surface area contributed by atoms with E-state index in [4.69, 9.17) is 34.8 Å². The summed E-state index contributed by atoms with van der Waals surface area (Å²) in [5.41, 5.74) is 1.28. The number of ether oxygens (including phenoxy) is 6. The predicted octanol–water partition coefficient (Wildman–Crippen LogP) is 8.01. The molecule has 3 fully saturated rings. The molecule has 0 aromatic rings. The number of aliphatic hydroxyl groups excluding tert-OH is 1. The smallest absolute Gasteiger partial charge is 0.329 e. The Balaban J connectivity index is 1.67. The molecule has 2 bridgehead atoms. The first-order valence-electron chi connectivity index (χ1n) is 26.3. The first-order chi connectivity index (χ1) is 33.8. The van der Waals surface area contributed by atoms with Gasteiger partial charge in [0.2, 0.25) is 5.79 Å². The molecule has 2 saturated heterocycles. The predicted molar refractivity (Wildman–Crippen MR) is 272 cm³/mol. The van der Waals surface area contributed by atoms with E-state index in [1.807, 2.05) is 58.1 Å². The van der Waals surface area contributed by atoms with Gasteiger partial charge in [0, 0.05) is 71.5 Å². The highest BCUT2D eigenvalue weighted by Gasteiger charge is 2.53. The van der Waals surface area contributed by atoms with E-state index in [9.17, 15) is 34.2 Å². The Morgan fingerprint density at radius 3 is 2.31 bits per heavy atom. The van der Waals surface area contributed by atoms with Crippen molar-refractivity contribution in [3.05, 3.63) is 47.6 Å². The Hall–Kier alpha value is -3.81. The second kappa shape index (κ2) is 29.2. The number of carbonyl (C=O) groups is 5. The summed E-state index contributed by atoms with van der Waals surface area (Å²) >= 11 is 0. The fraction of sp³-hybridized carbons (Fsp3) is 0.737. The third kappa shape index (κ3) is 16.9. The van der Waals surface area contributed by atoms with E-state index in [2.05, 4.69) is 5.92 Å². The van der Waals surface area contributed by atoms with Crippen LogP contribution in [0.1, 0.15) is 145 Å². The number of amides is 1. The molecule has 0 spiro atoms. The van der Waals surface area contributed by atoms with E-state index in [0.29, 0.717) is 70.0 Å². The molecular formula is C57H87NO13. The second-order valence-corrected chi connectivity index (χ2v) is 21.1. The van der Waals surface area contributed by atoms with Crippen LogP contribution in [0.25, 0.3) is 0 Å². The largest absolute Gasteiger partial charge is 0.460 e. The summed E-state index contributed by atoms with van der Waals surface area (Å²) in [6, 6.07) is -1.14. The first kappa shape index (κ1) is 59.8. The van der Waals surface area contributed by atoms with Gasteiger partial charge in [-0.25, -0.2) is 4.79 Å². The van der Waals surface area contributed by atoms with E-state index < -0.39 is 77.8 Å². The minimum Gasteiger partial charge on any atom is -0.460 e. The van der Waals surface area contributed by atoms with Gasteiger partial charge in [-0.2, -0.15) is 0 Å². The minimum atomic E-state index is -2.43. The maximum absolute atomic E-state index is 14.5. The molecule has 71 heavy (non-hydrogen) atoms. The zero-order chi connectivity index (χ0) is 52.4. The van der Waals surface area contributed by atoms with Crippen molar-refractivity contribution >= 4 is 29.2 Å². The number of methoxy groups -OCH3 is 3. The summed E-state index contributed by atoms with van der Waals surface area (Å²) in [5.74, 6) is -5.17. The molecule has 398 valence electrons. The lowest BCUT2D eigenvalue weighted by Crippen LogP contribution is -2.61. The van der Waals surface area contributed by atoms with Crippen molar-refractivity contribution in [2.24, 2.45) is 35.5 Å². The number of fused-ring (bicyclic) bond motifs is 3. The fourth-order valence-electron chi connectivity index (χ4n) is 10.9. The molecule has 1 aliphatic carbocycles. The Kier molecular flexibility index (Phi) is 24.6. The van der Waals surface area contributed by atoms with Crippen molar-refractivity contribution < 1.29 is 62.6 Å². The number of terminal acetylenes is 1. The molecule has 0 unspecified atom stereocenters. The van der Waals surface area contributed by atoms with E-state index in [1.165, 1.54) is 12.0 Å². The Morgan fingerprint density at radius 2 is 1.62 bits per heavy atom. The molecule has 15 atom stereocenters. The molecule has 4 rings (SSSR count). The number of esters is 1. The zero-order valence-electron chi connectivity index (χ0n) is 44.5. The first-order valence-corrected chi connectivity index (χ1v) is 26.3. The van der Waals surface area contributed by atoms with Gasteiger partial charge >= 0.3 is 5.97 Å². The van der Waals surface area contributed by atoms with Gasteiger partial charge in [0.25, 0.3) is 11.7 Å². The normalized spacial score (nSPS) is 37.9. The quantitative estimate of drug-likeness (QED) is 0.0668. The summed E-state index contributed by atoms with van der Waals surface area (Å²) in [6.07, 6.45) is 20.4. The zero-order valence-corrected chi connectivity index (χ0v) is 44.5. The number of ketones is 3. The Morgan fingerprint density at radius 1 is 0.873 bits per heavy atom. The number of carbonyl (C=O) groups excluding carboxylic acids is 5. The standard InChI is InChI=1S/C57H87NO13/c1-12-13-14-20-29-69-47-27-25-43(33-50(47)67-10)32-39(5)49-35-46(59)38(4)31-41(7)52(61)53(68-11)51(60)40(6)30-36(2)21-16-15-17-22-37(3)48(66-9)34-44-26-24-42(8)57(65,71-44)54(62)55(63)58-28-19-18-23-45(58)56(64)70-49/h1,15-17,21-22,31,36,38-40,42-45,47-50,52-53,61,65H,13-14,18-20,23-30,32-35H2,2-11H3/b17-15+,21-16+,37-22+,41-31+/t36-,38-,39-,40-,42-,43+,44+,45+,47+,48+,49+,50-,52-,53+,57-/m1/s1. The lowest BCUT2D eigenvalue weighted by atomic mass is 9.78. The van der Waals surface area contributed by atoms with Gasteiger partial charge in [-0.05, 0) is 120 Å². The summed E-state index contributed by atoms with van der Waals surface area (Å²) < 4.78 is 36.2. The molecule has 3 aliphatic heterocycles. The number of aliphatic hydroxyl groups is 2. The van der Waals surface area contributed by atoms with Gasteiger partial charge in [0.05, 0.1) is 24.4 Å². The molecule has 0 aromatic heterocycles. The van der Waals surface area contributed by atoms with Crippen LogP contribution in [-0.2, 0) is 52.4 Å². The SMILES string of the molecule is C#CCCCCO[C@H]1CC[C@@H](C[C@@H](C)[C@@H]2CC(=O)[C@H](C)/C=C(\C)[C@@H](O)[C@@H](OC)C(=O)[C@H](C)C[C@H](C)/C=C/C=C/C=C(\C)[C@@H](OC)C[C@@H]3CC[C@@H](C)[C@@](O)(O3)C(=O)C(=O)N3CCCC[C@H]3C(=O)O2)C[C@H]1OC.